The third-order valence-electron chi connectivity index (χ3n) is 3.65. The highest BCUT2D eigenvalue weighted by Crippen LogP contribution is 2.24. The van der Waals surface area contributed by atoms with Gasteiger partial charge in [0.2, 0.25) is 0 Å². The van der Waals surface area contributed by atoms with Crippen molar-refractivity contribution in [1.82, 2.24) is 9.97 Å². The van der Waals surface area contributed by atoms with Crippen LogP contribution in [0.2, 0.25) is 5.02 Å². The van der Waals surface area contributed by atoms with E-state index in [1.165, 1.54) is 24.4 Å². The molecule has 28 heavy (non-hydrogen) atoms. The first kappa shape index (κ1) is 19.5. The number of aromatic nitrogens is 2. The molecule has 0 atom stereocenters. The number of ether oxygens (including phenoxy) is 2. The second kappa shape index (κ2) is 9.62. The van der Waals surface area contributed by atoms with E-state index in [1.807, 2.05) is 12.1 Å². The first-order chi connectivity index (χ1) is 13.6. The second-order valence-corrected chi connectivity index (χ2v) is 6.22. The molecule has 3 rings (SSSR count). The van der Waals surface area contributed by atoms with Gasteiger partial charge in [-0.1, -0.05) is 17.7 Å². The molecule has 0 bridgehead atoms. The number of esters is 1. The van der Waals surface area contributed by atoms with Gasteiger partial charge >= 0.3 is 5.97 Å². The zero-order valence-corrected chi connectivity index (χ0v) is 15.5. The summed E-state index contributed by atoms with van der Waals surface area (Å²) in [6, 6.07) is 10.1. The van der Waals surface area contributed by atoms with E-state index in [2.05, 4.69) is 9.97 Å². The van der Waals surface area contributed by atoms with Gasteiger partial charge in [-0.05, 0) is 42.0 Å². The van der Waals surface area contributed by atoms with Crippen LogP contribution in [0, 0.1) is 5.82 Å². The van der Waals surface area contributed by atoms with E-state index in [0.29, 0.717) is 28.5 Å². The Hall–Kier alpha value is -3.25. The molecule has 0 amide bonds. The molecule has 142 valence electrons. The SMILES string of the molecule is O=C(/C=C/c1cncc(F)c1)OCc1cc(Cl)ccc1OCc1cccnc1. The normalized spacial score (nSPS) is 10.8. The van der Waals surface area contributed by atoms with Gasteiger partial charge in [0.1, 0.15) is 24.8 Å². The van der Waals surface area contributed by atoms with E-state index >= 15 is 0 Å². The predicted molar refractivity (Wildman–Crippen MR) is 103 cm³/mol. The monoisotopic (exact) mass is 398 g/mol. The Bertz CT molecular complexity index is 980. The number of nitrogens with zero attached hydrogens (tertiary/aromatic N) is 2. The van der Waals surface area contributed by atoms with Gasteiger partial charge in [0, 0.05) is 40.8 Å². The van der Waals surface area contributed by atoms with Crippen molar-refractivity contribution < 1.29 is 18.7 Å². The molecule has 1 aromatic carbocycles. The van der Waals surface area contributed by atoms with Gasteiger partial charge in [0.15, 0.2) is 0 Å². The molecule has 0 saturated heterocycles. The number of pyridine rings is 2. The standard InChI is InChI=1S/C21H16ClFN2O3/c22-18-4-5-20(27-13-16-2-1-7-24-11-16)17(9-18)14-28-21(26)6-3-15-8-19(23)12-25-10-15/h1-12H,13-14H2/b6-3+. The molecule has 2 aromatic heterocycles. The van der Waals surface area contributed by atoms with E-state index in [9.17, 15) is 9.18 Å². The molecule has 0 fully saturated rings. The summed E-state index contributed by atoms with van der Waals surface area (Å²) in [4.78, 5) is 19.7. The molecule has 0 saturated carbocycles. The van der Waals surface area contributed by atoms with Gasteiger partial charge < -0.3 is 9.47 Å². The van der Waals surface area contributed by atoms with E-state index < -0.39 is 11.8 Å². The Morgan fingerprint density at radius 3 is 2.79 bits per heavy atom. The van der Waals surface area contributed by atoms with Crippen molar-refractivity contribution in [3.8, 4) is 5.75 Å². The van der Waals surface area contributed by atoms with Crippen LogP contribution in [0.1, 0.15) is 16.7 Å². The summed E-state index contributed by atoms with van der Waals surface area (Å²) in [6.45, 7) is 0.302. The van der Waals surface area contributed by atoms with Gasteiger partial charge in [0.25, 0.3) is 0 Å². The molecular weight excluding hydrogens is 383 g/mol. The lowest BCUT2D eigenvalue weighted by molar-refractivity contribution is -0.138. The van der Waals surface area contributed by atoms with Gasteiger partial charge in [-0.3, -0.25) is 9.97 Å². The van der Waals surface area contributed by atoms with Crippen molar-refractivity contribution in [3.05, 3.63) is 94.8 Å². The van der Waals surface area contributed by atoms with Gasteiger partial charge in [-0.25, -0.2) is 9.18 Å². The van der Waals surface area contributed by atoms with Crippen LogP contribution < -0.4 is 4.74 Å². The fourth-order valence-corrected chi connectivity index (χ4v) is 2.52. The maximum atomic E-state index is 13.1. The Labute approximate surface area is 166 Å². The first-order valence-electron chi connectivity index (χ1n) is 8.36. The molecule has 0 aliphatic carbocycles. The molecular formula is C21H16ClFN2O3. The zero-order chi connectivity index (χ0) is 19.8. The molecule has 5 nitrogen and oxygen atoms in total. The Morgan fingerprint density at radius 1 is 1.11 bits per heavy atom. The summed E-state index contributed by atoms with van der Waals surface area (Å²) < 4.78 is 24.1. The summed E-state index contributed by atoms with van der Waals surface area (Å²) in [5.74, 6) is -0.508. The highest BCUT2D eigenvalue weighted by Gasteiger charge is 2.08. The molecule has 3 aromatic rings. The average Bonchev–Trinajstić information content (AvgIpc) is 2.71. The van der Waals surface area contributed by atoms with E-state index in [4.69, 9.17) is 21.1 Å². The Morgan fingerprint density at radius 2 is 2.00 bits per heavy atom. The minimum atomic E-state index is -0.581. The average molecular weight is 399 g/mol. The molecule has 7 heteroatoms. The lowest BCUT2D eigenvalue weighted by Crippen LogP contribution is -2.04. The first-order valence-corrected chi connectivity index (χ1v) is 8.73. The predicted octanol–water partition coefficient (Wildman–Crippen LogP) is 4.60. The number of benzene rings is 1. The summed E-state index contributed by atoms with van der Waals surface area (Å²) in [6.07, 6.45) is 8.55. The minimum absolute atomic E-state index is 0.0203. The van der Waals surface area contributed by atoms with Crippen molar-refractivity contribution in [2.24, 2.45) is 0 Å². The molecule has 0 aliphatic heterocycles. The number of hydrogen-bond acceptors (Lipinski definition) is 5. The summed E-state index contributed by atoms with van der Waals surface area (Å²) in [7, 11) is 0. The van der Waals surface area contributed by atoms with Gasteiger partial charge in [-0.15, -0.1) is 0 Å². The minimum Gasteiger partial charge on any atom is -0.488 e. The van der Waals surface area contributed by atoms with Crippen LogP contribution in [0.5, 0.6) is 5.75 Å². The molecule has 0 spiro atoms. The van der Waals surface area contributed by atoms with Crippen LogP contribution in [-0.4, -0.2) is 15.9 Å². The van der Waals surface area contributed by atoms with Crippen LogP contribution in [0.15, 0.2) is 67.3 Å². The number of hydrogen-bond donors (Lipinski definition) is 0. The molecule has 0 aliphatic rings. The Balaban J connectivity index is 1.61. The quantitative estimate of drug-likeness (QED) is 0.430. The molecule has 2 heterocycles. The maximum Gasteiger partial charge on any atom is 0.331 e. The second-order valence-electron chi connectivity index (χ2n) is 5.78. The number of carbonyl (C=O) groups excluding carboxylic acids is 1. The van der Waals surface area contributed by atoms with Crippen LogP contribution in [0.3, 0.4) is 0 Å². The number of halogens is 2. The molecule has 0 radical (unpaired) electrons. The summed E-state index contributed by atoms with van der Waals surface area (Å²) in [5, 5.41) is 0.501. The zero-order valence-electron chi connectivity index (χ0n) is 14.7. The van der Waals surface area contributed by atoms with E-state index in [-0.39, 0.29) is 6.61 Å². The van der Waals surface area contributed by atoms with Crippen molar-refractivity contribution >= 4 is 23.6 Å². The Kier molecular flexibility index (Phi) is 6.70. The van der Waals surface area contributed by atoms with Crippen LogP contribution in [0.25, 0.3) is 6.08 Å². The van der Waals surface area contributed by atoms with Crippen LogP contribution in [0.4, 0.5) is 4.39 Å². The summed E-state index contributed by atoms with van der Waals surface area (Å²) >= 11 is 6.04. The largest absolute Gasteiger partial charge is 0.488 e. The van der Waals surface area contributed by atoms with E-state index in [1.54, 1.807) is 30.6 Å². The molecule has 0 N–H and O–H groups in total. The van der Waals surface area contributed by atoms with Gasteiger partial charge in [0.05, 0.1) is 6.20 Å². The highest BCUT2D eigenvalue weighted by molar-refractivity contribution is 6.30. The van der Waals surface area contributed by atoms with Crippen molar-refractivity contribution in [2.45, 2.75) is 13.2 Å². The topological polar surface area (TPSA) is 61.3 Å². The maximum absolute atomic E-state index is 13.1. The van der Waals surface area contributed by atoms with Crippen molar-refractivity contribution in [2.75, 3.05) is 0 Å². The smallest absolute Gasteiger partial charge is 0.331 e. The fourth-order valence-electron chi connectivity index (χ4n) is 2.33. The van der Waals surface area contributed by atoms with Crippen LogP contribution in [-0.2, 0) is 22.7 Å². The van der Waals surface area contributed by atoms with Crippen molar-refractivity contribution in [1.29, 1.82) is 0 Å². The third-order valence-corrected chi connectivity index (χ3v) is 3.88. The number of carbonyl (C=O) groups is 1. The third kappa shape index (κ3) is 5.89. The highest BCUT2D eigenvalue weighted by atomic mass is 35.5. The fraction of sp³-hybridized carbons (Fsp3) is 0.0952. The van der Waals surface area contributed by atoms with Crippen LogP contribution >= 0.6 is 11.6 Å². The van der Waals surface area contributed by atoms with Gasteiger partial charge in [-0.2, -0.15) is 0 Å². The van der Waals surface area contributed by atoms with Crippen molar-refractivity contribution in [3.63, 3.8) is 0 Å². The number of rotatable bonds is 7. The summed E-state index contributed by atoms with van der Waals surface area (Å²) in [5.41, 5.74) is 2.00. The molecule has 0 unspecified atom stereocenters. The lowest BCUT2D eigenvalue weighted by atomic mass is 10.2. The van der Waals surface area contributed by atoms with E-state index in [0.717, 1.165) is 11.8 Å². The lowest BCUT2D eigenvalue weighted by Gasteiger charge is -2.12.